The number of carbonyl (C=O) groups is 1. The molecule has 5 nitrogen and oxygen atoms in total. The predicted octanol–water partition coefficient (Wildman–Crippen LogP) is 14.7. The highest BCUT2D eigenvalue weighted by Crippen LogP contribution is 2.42. The van der Waals surface area contributed by atoms with E-state index in [0.29, 0.717) is 5.57 Å². The fourth-order valence-corrected chi connectivity index (χ4v) is 33.0. The minimum absolute atomic E-state index is 0.163. The van der Waals surface area contributed by atoms with Gasteiger partial charge in [-0.1, -0.05) is 184 Å². The van der Waals surface area contributed by atoms with Crippen molar-refractivity contribution in [1.82, 2.24) is 0 Å². The van der Waals surface area contributed by atoms with Crippen LogP contribution < -0.4 is 0 Å². The fraction of sp³-hybridized carbons (Fsp3) is 0.927. The molecule has 0 N–H and O–H groups in total. The molecule has 0 aliphatic carbocycles. The number of carbonyl (C=O) groups excluding carboxylic acids is 1. The molecule has 298 valence electrons. The maximum Gasteiger partial charge on any atom is 0.509 e. The zero-order valence-corrected chi connectivity index (χ0v) is 39.5. The number of hydrogen-bond acceptors (Lipinski definition) is 5. The molecule has 9 heteroatoms. The van der Waals surface area contributed by atoms with Crippen molar-refractivity contribution in [1.29, 1.82) is 0 Å². The summed E-state index contributed by atoms with van der Waals surface area (Å²) in [5.74, 6) is -0.327. The molecule has 0 bridgehead atoms. The van der Waals surface area contributed by atoms with Crippen molar-refractivity contribution in [3.05, 3.63) is 12.2 Å². The summed E-state index contributed by atoms with van der Waals surface area (Å²) in [6, 6.07) is 10.4. The van der Waals surface area contributed by atoms with Crippen LogP contribution in [0.1, 0.15) is 185 Å². The Morgan fingerprint density at radius 1 is 0.420 bits per heavy atom. The molecular weight excluding hydrogens is 685 g/mol. The van der Waals surface area contributed by atoms with Gasteiger partial charge in [0.2, 0.25) is 0 Å². The topological polar surface area (TPSA) is 54.0 Å². The Morgan fingerprint density at radius 3 is 0.780 bits per heavy atom. The van der Waals surface area contributed by atoms with E-state index in [4.69, 9.17) is 17.1 Å². The van der Waals surface area contributed by atoms with Crippen molar-refractivity contribution in [2.45, 2.75) is 239 Å². The summed E-state index contributed by atoms with van der Waals surface area (Å²) < 4.78 is 30.8. The van der Waals surface area contributed by atoms with Crippen LogP contribution >= 0.6 is 0 Å². The molecule has 0 rings (SSSR count). The normalized spacial score (nSPS) is 12.8. The summed E-state index contributed by atoms with van der Waals surface area (Å²) in [4.78, 5) is 13.4. The molecule has 0 spiro atoms. The Hall–Kier alpha value is -0.0425. The third-order valence-electron chi connectivity index (χ3n) is 10.7. The number of rotatable bonds is 36. The van der Waals surface area contributed by atoms with Crippen LogP contribution in [0, 0.1) is 0 Å². The van der Waals surface area contributed by atoms with Crippen molar-refractivity contribution in [2.75, 3.05) is 6.23 Å². The van der Waals surface area contributed by atoms with Gasteiger partial charge in [0.1, 0.15) is 0 Å². The quantitative estimate of drug-likeness (QED) is 0.0361. The lowest BCUT2D eigenvalue weighted by Crippen LogP contribution is -2.67. The smallest absolute Gasteiger partial charge is 0.458 e. The first-order valence-corrected chi connectivity index (χ1v) is 31.4. The van der Waals surface area contributed by atoms with E-state index >= 15 is 0 Å². The van der Waals surface area contributed by atoms with Crippen LogP contribution in [0.5, 0.6) is 0 Å². The van der Waals surface area contributed by atoms with Gasteiger partial charge in [-0.05, 0) is 61.3 Å². The Labute approximate surface area is 318 Å². The molecule has 0 saturated heterocycles. The molecule has 0 aliphatic heterocycles. The highest BCUT2D eigenvalue weighted by Gasteiger charge is 2.58. The minimum Gasteiger partial charge on any atom is -0.458 e. The van der Waals surface area contributed by atoms with Crippen molar-refractivity contribution < 1.29 is 21.9 Å². The molecule has 0 aromatic heterocycles. The van der Waals surface area contributed by atoms with E-state index in [2.05, 4.69) is 68.9 Å². The van der Waals surface area contributed by atoms with Crippen LogP contribution in [0.25, 0.3) is 0 Å². The first-order chi connectivity index (χ1) is 24.0. The standard InChI is InChI=1S/C41H88O5Si4/c1-12-21-30-47(31-22-13-2,32-23-14-3)44-50(39-43-41(42)40(10)11,45-48(33-24-15-4,34-25-16-5)35-26-17-6)46-49(36-27-18-7,37-28-19-8)38-29-20-9/h10,12-39H2,1-9,11H3. The number of hydrogen-bond donors (Lipinski definition) is 0. The van der Waals surface area contributed by atoms with Crippen LogP contribution in [-0.4, -0.2) is 46.0 Å². The molecule has 0 radical (unpaired) electrons. The summed E-state index contributed by atoms with van der Waals surface area (Å²) in [7, 11) is -10.6. The monoisotopic (exact) mass is 773 g/mol. The van der Waals surface area contributed by atoms with Crippen molar-refractivity contribution in [3.63, 3.8) is 0 Å². The van der Waals surface area contributed by atoms with Gasteiger partial charge in [-0.25, -0.2) is 4.79 Å². The molecule has 0 fully saturated rings. The summed E-state index contributed by atoms with van der Waals surface area (Å²) in [5, 5.41) is 0. The molecular formula is C41H88O5Si4. The van der Waals surface area contributed by atoms with Crippen molar-refractivity contribution in [3.8, 4) is 0 Å². The largest absolute Gasteiger partial charge is 0.509 e. The fourth-order valence-electron chi connectivity index (χ4n) is 7.49. The number of esters is 1. The van der Waals surface area contributed by atoms with Gasteiger partial charge in [0.15, 0.2) is 31.2 Å². The van der Waals surface area contributed by atoms with E-state index in [1.54, 1.807) is 6.92 Å². The van der Waals surface area contributed by atoms with Gasteiger partial charge < -0.3 is 17.1 Å². The van der Waals surface area contributed by atoms with E-state index < -0.39 is 33.8 Å². The van der Waals surface area contributed by atoms with Crippen LogP contribution in [0.3, 0.4) is 0 Å². The maximum atomic E-state index is 13.4. The van der Waals surface area contributed by atoms with E-state index in [1.807, 2.05) is 0 Å². The second kappa shape index (κ2) is 29.3. The van der Waals surface area contributed by atoms with Gasteiger partial charge in [-0.15, -0.1) is 0 Å². The SMILES string of the molecule is C=C(C)C(=O)OC[Si](O[Si](CCCC)(CCCC)CCCC)(O[Si](CCCC)(CCCC)CCCC)O[Si](CCCC)(CCCC)CCCC. The molecule has 0 aromatic rings. The van der Waals surface area contributed by atoms with Crippen LogP contribution in [-0.2, 0) is 21.9 Å². The Balaban J connectivity index is 8.06. The lowest BCUT2D eigenvalue weighted by Gasteiger charge is -2.49. The van der Waals surface area contributed by atoms with Gasteiger partial charge in [-0.2, -0.15) is 0 Å². The summed E-state index contributed by atoms with van der Waals surface area (Å²) in [6.07, 6.45) is 21.3. The van der Waals surface area contributed by atoms with Crippen molar-refractivity contribution in [2.24, 2.45) is 0 Å². The van der Waals surface area contributed by atoms with Gasteiger partial charge in [0.05, 0.1) is 0 Å². The first kappa shape index (κ1) is 50.0. The van der Waals surface area contributed by atoms with Crippen LogP contribution in [0.15, 0.2) is 12.2 Å². The second-order valence-corrected chi connectivity index (χ2v) is 31.5. The van der Waals surface area contributed by atoms with E-state index in [1.165, 1.54) is 116 Å². The van der Waals surface area contributed by atoms with Gasteiger partial charge in [0.25, 0.3) is 0 Å². The highest BCUT2D eigenvalue weighted by molar-refractivity contribution is 6.92. The Kier molecular flexibility index (Phi) is 29.3. The van der Waals surface area contributed by atoms with Crippen LogP contribution in [0.2, 0.25) is 54.4 Å². The summed E-state index contributed by atoms with van der Waals surface area (Å²) >= 11 is 0. The average Bonchev–Trinajstić information content (AvgIpc) is 3.12. The number of ether oxygens (including phenoxy) is 1. The molecule has 0 heterocycles. The third kappa shape index (κ3) is 19.9. The number of unbranched alkanes of at least 4 members (excludes halogenated alkanes) is 9. The van der Waals surface area contributed by atoms with Crippen LogP contribution in [0.4, 0.5) is 0 Å². The molecule has 0 aliphatic rings. The molecule has 0 saturated carbocycles. The lowest BCUT2D eigenvalue weighted by atomic mass is 10.4. The first-order valence-electron chi connectivity index (χ1n) is 21.9. The molecule has 0 aromatic carbocycles. The molecule has 50 heavy (non-hydrogen) atoms. The minimum atomic E-state index is -3.56. The predicted molar refractivity (Wildman–Crippen MR) is 229 cm³/mol. The molecule has 0 atom stereocenters. The zero-order chi connectivity index (χ0) is 37.8. The average molecular weight is 773 g/mol. The molecule has 0 unspecified atom stereocenters. The zero-order valence-electron chi connectivity index (χ0n) is 35.5. The summed E-state index contributed by atoms with van der Waals surface area (Å²) in [5.41, 5.74) is 0.442. The van der Waals surface area contributed by atoms with E-state index in [0.717, 1.165) is 54.4 Å². The third-order valence-corrected chi connectivity index (χ3v) is 31.5. The van der Waals surface area contributed by atoms with Gasteiger partial charge in [0, 0.05) is 5.57 Å². The van der Waals surface area contributed by atoms with E-state index in [9.17, 15) is 4.79 Å². The Morgan fingerprint density at radius 2 is 0.620 bits per heavy atom. The lowest BCUT2D eigenvalue weighted by molar-refractivity contribution is -0.138. The Bertz CT molecular complexity index is 706. The van der Waals surface area contributed by atoms with Gasteiger partial charge in [-0.3, -0.25) is 0 Å². The summed E-state index contributed by atoms with van der Waals surface area (Å²) in [6.45, 7) is 26.6. The second-order valence-electron chi connectivity index (χ2n) is 15.8. The molecule has 0 amide bonds. The van der Waals surface area contributed by atoms with Crippen molar-refractivity contribution >= 4 is 39.7 Å². The highest BCUT2D eigenvalue weighted by atomic mass is 28.5. The van der Waals surface area contributed by atoms with Gasteiger partial charge >= 0.3 is 14.8 Å². The van der Waals surface area contributed by atoms with E-state index in [-0.39, 0.29) is 12.2 Å². The maximum absolute atomic E-state index is 13.4.